The van der Waals surface area contributed by atoms with Crippen LogP contribution in [0.5, 0.6) is 11.5 Å². The van der Waals surface area contributed by atoms with Crippen LogP contribution in [0, 0.1) is 5.82 Å². The third kappa shape index (κ3) is 3.11. The van der Waals surface area contributed by atoms with E-state index < -0.39 is 23.6 Å². The number of aromatic hydroxyl groups is 1. The maximum Gasteiger partial charge on any atom is 0.303 e. The molecule has 1 aromatic carbocycles. The molecule has 0 aromatic heterocycles. The van der Waals surface area contributed by atoms with Crippen molar-refractivity contribution in [1.29, 1.82) is 0 Å². The van der Waals surface area contributed by atoms with Crippen molar-refractivity contribution in [2.24, 2.45) is 5.73 Å². The molecule has 0 saturated carbocycles. The highest BCUT2D eigenvalue weighted by Gasteiger charge is 2.22. The Labute approximate surface area is 111 Å². The summed E-state index contributed by atoms with van der Waals surface area (Å²) >= 11 is 3.12. The Morgan fingerprint density at radius 3 is 2.78 bits per heavy atom. The van der Waals surface area contributed by atoms with E-state index >= 15 is 0 Å². The molecular weight excluding hydrogens is 309 g/mol. The molecule has 0 aliphatic heterocycles. The molecule has 0 aliphatic carbocycles. The Bertz CT molecular complexity index is 467. The van der Waals surface area contributed by atoms with Gasteiger partial charge in [0.2, 0.25) is 0 Å². The minimum Gasteiger partial charge on any atom is -0.502 e. The Hall–Kier alpha value is -1.34. The summed E-state index contributed by atoms with van der Waals surface area (Å²) in [5.74, 6) is -2.58. The molecule has 0 bridgehead atoms. The summed E-state index contributed by atoms with van der Waals surface area (Å²) in [5.41, 5.74) is 5.76. The summed E-state index contributed by atoms with van der Waals surface area (Å²) in [4.78, 5) is 10.4. The number of hydrogen-bond donors (Lipinski definition) is 3. The molecular formula is C11H13BrFNO4. The number of ether oxygens (including phenoxy) is 1. The lowest BCUT2D eigenvalue weighted by molar-refractivity contribution is -0.137. The number of aliphatic carboxylic acids is 1. The SMILES string of the molecule is COc1cc(Br)c(C(N)CCC(=O)O)c(F)c1O. The average Bonchev–Trinajstić information content (AvgIpc) is 2.31. The second-order valence-electron chi connectivity index (χ2n) is 3.68. The smallest absolute Gasteiger partial charge is 0.303 e. The Morgan fingerprint density at radius 1 is 1.67 bits per heavy atom. The van der Waals surface area contributed by atoms with E-state index in [4.69, 9.17) is 15.6 Å². The zero-order chi connectivity index (χ0) is 13.9. The third-order valence-electron chi connectivity index (χ3n) is 2.45. The van der Waals surface area contributed by atoms with Crippen LogP contribution in [0.3, 0.4) is 0 Å². The van der Waals surface area contributed by atoms with Gasteiger partial charge in [-0.1, -0.05) is 15.9 Å². The van der Waals surface area contributed by atoms with Crippen molar-refractivity contribution in [2.45, 2.75) is 18.9 Å². The van der Waals surface area contributed by atoms with Gasteiger partial charge in [0, 0.05) is 22.5 Å². The maximum absolute atomic E-state index is 13.9. The van der Waals surface area contributed by atoms with Crippen LogP contribution in [-0.4, -0.2) is 23.3 Å². The number of carbonyl (C=O) groups is 1. The fraction of sp³-hybridized carbons (Fsp3) is 0.364. The van der Waals surface area contributed by atoms with Gasteiger partial charge in [-0.2, -0.15) is 0 Å². The van der Waals surface area contributed by atoms with Crippen molar-refractivity contribution in [2.75, 3.05) is 7.11 Å². The molecule has 0 amide bonds. The monoisotopic (exact) mass is 321 g/mol. The number of phenolic OH excluding ortho intramolecular Hbond substituents is 1. The molecule has 1 atom stereocenters. The highest BCUT2D eigenvalue weighted by Crippen LogP contribution is 2.39. The van der Waals surface area contributed by atoms with Gasteiger partial charge in [0.05, 0.1) is 7.11 Å². The molecule has 0 heterocycles. The molecule has 100 valence electrons. The Morgan fingerprint density at radius 2 is 2.28 bits per heavy atom. The van der Waals surface area contributed by atoms with Crippen LogP contribution in [0.4, 0.5) is 4.39 Å². The van der Waals surface area contributed by atoms with E-state index in [0.717, 1.165) is 0 Å². The van der Waals surface area contributed by atoms with Crippen LogP contribution in [0.15, 0.2) is 10.5 Å². The van der Waals surface area contributed by atoms with Crippen LogP contribution in [-0.2, 0) is 4.79 Å². The minimum atomic E-state index is -1.01. The van der Waals surface area contributed by atoms with Gasteiger partial charge in [-0.25, -0.2) is 4.39 Å². The highest BCUT2D eigenvalue weighted by atomic mass is 79.9. The molecule has 0 fully saturated rings. The van der Waals surface area contributed by atoms with Crippen molar-refractivity contribution in [3.63, 3.8) is 0 Å². The van der Waals surface area contributed by atoms with Crippen molar-refractivity contribution >= 4 is 21.9 Å². The summed E-state index contributed by atoms with van der Waals surface area (Å²) in [6.45, 7) is 0. The van der Waals surface area contributed by atoms with E-state index in [-0.39, 0.29) is 24.2 Å². The molecule has 0 saturated heterocycles. The van der Waals surface area contributed by atoms with Gasteiger partial charge >= 0.3 is 5.97 Å². The second-order valence-corrected chi connectivity index (χ2v) is 4.53. The Balaban J connectivity index is 3.09. The van der Waals surface area contributed by atoms with Gasteiger partial charge in [0.1, 0.15) is 0 Å². The van der Waals surface area contributed by atoms with Crippen molar-refractivity contribution < 1.29 is 24.1 Å². The van der Waals surface area contributed by atoms with Gasteiger partial charge in [0.15, 0.2) is 17.3 Å². The zero-order valence-corrected chi connectivity index (χ0v) is 11.2. The third-order valence-corrected chi connectivity index (χ3v) is 3.11. The first-order valence-corrected chi connectivity index (χ1v) is 5.90. The first kappa shape index (κ1) is 14.7. The van der Waals surface area contributed by atoms with E-state index in [1.165, 1.54) is 13.2 Å². The minimum absolute atomic E-state index is 0.0199. The quantitative estimate of drug-likeness (QED) is 0.772. The normalized spacial score (nSPS) is 12.2. The van der Waals surface area contributed by atoms with Crippen LogP contribution in [0.25, 0.3) is 0 Å². The van der Waals surface area contributed by atoms with Crippen LogP contribution >= 0.6 is 15.9 Å². The standard InChI is InChI=1S/C11H13BrFNO4/c1-18-7-4-5(12)9(10(13)11(7)17)6(14)2-3-8(15)16/h4,6,17H,2-3,14H2,1H3,(H,15,16). The number of halogens is 2. The van der Waals surface area contributed by atoms with Gasteiger partial charge in [0.25, 0.3) is 0 Å². The lowest BCUT2D eigenvalue weighted by Gasteiger charge is -2.16. The number of carboxylic acid groups (broad SMARTS) is 1. The lowest BCUT2D eigenvalue weighted by Crippen LogP contribution is -2.15. The van der Waals surface area contributed by atoms with E-state index in [1.54, 1.807) is 0 Å². The Kier molecular flexibility index (Phi) is 4.92. The predicted molar refractivity (Wildman–Crippen MR) is 66.1 cm³/mol. The van der Waals surface area contributed by atoms with Crippen LogP contribution in [0.1, 0.15) is 24.4 Å². The molecule has 4 N–H and O–H groups in total. The highest BCUT2D eigenvalue weighted by molar-refractivity contribution is 9.10. The molecule has 1 rings (SSSR count). The number of rotatable bonds is 5. The first-order valence-electron chi connectivity index (χ1n) is 5.10. The van der Waals surface area contributed by atoms with Crippen LogP contribution < -0.4 is 10.5 Å². The topological polar surface area (TPSA) is 92.8 Å². The summed E-state index contributed by atoms with van der Waals surface area (Å²) in [6.07, 6.45) is -0.115. The lowest BCUT2D eigenvalue weighted by atomic mass is 10.0. The average molecular weight is 322 g/mol. The maximum atomic E-state index is 13.9. The van der Waals surface area contributed by atoms with Gasteiger partial charge < -0.3 is 20.7 Å². The molecule has 18 heavy (non-hydrogen) atoms. The molecule has 0 radical (unpaired) electrons. The zero-order valence-electron chi connectivity index (χ0n) is 9.61. The van der Waals surface area contributed by atoms with Crippen LogP contribution in [0.2, 0.25) is 0 Å². The van der Waals surface area contributed by atoms with Gasteiger partial charge in [-0.05, 0) is 12.5 Å². The predicted octanol–water partition coefficient (Wildman–Crippen LogP) is 2.17. The summed E-state index contributed by atoms with van der Waals surface area (Å²) in [6, 6.07) is 0.557. The van der Waals surface area contributed by atoms with E-state index in [0.29, 0.717) is 4.47 Å². The number of carboxylic acids is 1. The molecule has 5 nitrogen and oxygen atoms in total. The van der Waals surface area contributed by atoms with Gasteiger partial charge in [-0.3, -0.25) is 4.79 Å². The summed E-state index contributed by atoms with van der Waals surface area (Å²) < 4.78 is 19.0. The summed E-state index contributed by atoms with van der Waals surface area (Å²) in [7, 11) is 1.30. The van der Waals surface area contributed by atoms with E-state index in [2.05, 4.69) is 15.9 Å². The number of hydrogen-bond acceptors (Lipinski definition) is 4. The van der Waals surface area contributed by atoms with E-state index in [9.17, 15) is 14.3 Å². The second kappa shape index (κ2) is 6.01. The number of nitrogens with two attached hydrogens (primary N) is 1. The molecule has 0 spiro atoms. The molecule has 0 aliphatic rings. The number of benzene rings is 1. The largest absolute Gasteiger partial charge is 0.502 e. The van der Waals surface area contributed by atoms with E-state index in [1.807, 2.05) is 0 Å². The molecule has 1 aromatic rings. The molecule has 7 heteroatoms. The fourth-order valence-electron chi connectivity index (χ4n) is 1.52. The van der Waals surface area contributed by atoms with Crippen molar-refractivity contribution in [3.05, 3.63) is 21.9 Å². The summed E-state index contributed by atoms with van der Waals surface area (Å²) in [5, 5.41) is 18.1. The van der Waals surface area contributed by atoms with Crippen molar-refractivity contribution in [1.82, 2.24) is 0 Å². The van der Waals surface area contributed by atoms with Gasteiger partial charge in [-0.15, -0.1) is 0 Å². The first-order chi connectivity index (χ1) is 8.38. The number of methoxy groups -OCH3 is 1. The number of phenols is 1. The molecule has 1 unspecified atom stereocenters. The fourth-order valence-corrected chi connectivity index (χ4v) is 2.20. The van der Waals surface area contributed by atoms with Crippen molar-refractivity contribution in [3.8, 4) is 11.5 Å².